The molecule has 9 rings (SSSR count). The van der Waals surface area contributed by atoms with Crippen LogP contribution in [0.4, 0.5) is 26.0 Å². The van der Waals surface area contributed by atoms with E-state index in [9.17, 15) is 32.8 Å². The summed E-state index contributed by atoms with van der Waals surface area (Å²) in [5.41, 5.74) is 2.16. The molecule has 2 saturated heterocycles. The number of benzene rings is 2. The average molecular weight is 922 g/mol. The van der Waals surface area contributed by atoms with E-state index in [1.165, 1.54) is 30.0 Å². The number of carbonyl (C=O) groups excluding carboxylic acids is 5. The molecule has 21 heteroatoms. The summed E-state index contributed by atoms with van der Waals surface area (Å²) < 4.78 is 47.0. The predicted octanol–water partition coefficient (Wildman–Crippen LogP) is 4.25. The topological polar surface area (TPSA) is 227 Å². The van der Waals surface area contributed by atoms with Crippen LogP contribution < -0.4 is 26.6 Å². The number of pyridine rings is 1. The minimum Gasteiger partial charge on any atom is -0.444 e. The number of morpholine rings is 1. The zero-order valence-corrected chi connectivity index (χ0v) is 36.3. The molecule has 0 spiro atoms. The number of oxazole rings is 1. The molecule has 3 aromatic heterocycles. The summed E-state index contributed by atoms with van der Waals surface area (Å²) in [6, 6.07) is 14.6. The van der Waals surface area contributed by atoms with Crippen molar-refractivity contribution >= 4 is 46.7 Å². The minimum atomic E-state index is -2.95. The molecule has 2 atom stereocenters. The molecule has 5 amide bonds. The second-order valence-electron chi connectivity index (χ2n) is 16.7. The molecule has 1 aliphatic carbocycles. The number of nitrogens with one attached hydrogen (secondary N) is 5. The molecule has 67 heavy (non-hydrogen) atoms. The fourth-order valence-electron chi connectivity index (χ4n) is 8.17. The number of fused-ring (bicyclic) bond motifs is 1. The van der Waals surface area contributed by atoms with Crippen molar-refractivity contribution in [3.05, 3.63) is 101 Å². The molecule has 0 bridgehead atoms. The van der Waals surface area contributed by atoms with Crippen molar-refractivity contribution in [3.63, 3.8) is 0 Å². The molecule has 1 unspecified atom stereocenters. The standard InChI is InChI=1S/C46H49F2N11O8/c47-41(48)40-34(53-42(61)35-26-67-44(54-35)29-12-13-51-37(20-29)52-22-28-4-5-28)25-58(56-40)30-8-6-27(7-9-30)21-49-23-31-24-57(16-19-66-31)15-18-65-17-14-50-33-3-1-2-32-39(33)46(64)59(45(32)63)36-10-11-38(60)55-43(36)62/h1-3,6-9,12-13,20,25-26,28,31,36,41,49-50H,4-5,10-11,14-19,21-24H2,(H,51,52)(H,53,61)(H,55,60,62)/t31-,36?/m1/s1. The molecule has 5 aromatic rings. The van der Waals surface area contributed by atoms with Crippen molar-refractivity contribution in [2.75, 3.05) is 75.0 Å². The number of carbonyl (C=O) groups is 5. The lowest BCUT2D eigenvalue weighted by atomic mass is 10.0. The first kappa shape index (κ1) is 45.2. The Hall–Kier alpha value is -6.94. The number of anilines is 3. The van der Waals surface area contributed by atoms with Gasteiger partial charge < -0.3 is 35.2 Å². The van der Waals surface area contributed by atoms with Gasteiger partial charge in [0.2, 0.25) is 17.7 Å². The Labute approximate surface area is 383 Å². The Morgan fingerprint density at radius 1 is 0.970 bits per heavy atom. The van der Waals surface area contributed by atoms with Gasteiger partial charge in [-0.1, -0.05) is 18.2 Å². The molecule has 5 N–H and O–H groups in total. The Balaban J connectivity index is 0.695. The van der Waals surface area contributed by atoms with Crippen molar-refractivity contribution in [2.24, 2.45) is 5.92 Å². The number of amides is 5. The lowest BCUT2D eigenvalue weighted by molar-refractivity contribution is -0.136. The quantitative estimate of drug-likeness (QED) is 0.0543. The lowest BCUT2D eigenvalue weighted by Gasteiger charge is -2.33. The summed E-state index contributed by atoms with van der Waals surface area (Å²) in [6.07, 6.45) is 3.66. The molecule has 3 fully saturated rings. The van der Waals surface area contributed by atoms with Crippen LogP contribution in [0.3, 0.4) is 0 Å². The molecule has 1 saturated carbocycles. The average Bonchev–Trinajstić information content (AvgIpc) is 3.73. The number of piperidine rings is 1. The summed E-state index contributed by atoms with van der Waals surface area (Å²) >= 11 is 0. The maximum atomic E-state index is 14.1. The van der Waals surface area contributed by atoms with E-state index in [0.717, 1.165) is 23.6 Å². The molecule has 2 aromatic carbocycles. The lowest BCUT2D eigenvalue weighted by Crippen LogP contribution is -2.54. The fourth-order valence-corrected chi connectivity index (χ4v) is 8.17. The number of aromatic nitrogens is 4. The Morgan fingerprint density at radius 2 is 1.82 bits per heavy atom. The van der Waals surface area contributed by atoms with Gasteiger partial charge in [-0.05, 0) is 67.1 Å². The highest BCUT2D eigenvalue weighted by Gasteiger charge is 2.45. The van der Waals surface area contributed by atoms with Crippen molar-refractivity contribution in [2.45, 2.75) is 50.8 Å². The van der Waals surface area contributed by atoms with Crippen LogP contribution in [0, 0.1) is 5.92 Å². The molecular weight excluding hydrogens is 873 g/mol. The summed E-state index contributed by atoms with van der Waals surface area (Å²) in [7, 11) is 0. The van der Waals surface area contributed by atoms with Crippen molar-refractivity contribution < 1.29 is 46.6 Å². The summed E-state index contributed by atoms with van der Waals surface area (Å²) in [5.74, 6) is -1.43. The third-order valence-electron chi connectivity index (χ3n) is 11.9. The van der Waals surface area contributed by atoms with Crippen LogP contribution in [0.15, 0.2) is 77.7 Å². The van der Waals surface area contributed by atoms with Gasteiger partial charge in [0.05, 0.1) is 54.6 Å². The summed E-state index contributed by atoms with van der Waals surface area (Å²) in [4.78, 5) is 75.4. The van der Waals surface area contributed by atoms with Gasteiger partial charge in [-0.25, -0.2) is 23.4 Å². The summed E-state index contributed by atoms with van der Waals surface area (Å²) in [6.45, 7) is 5.88. The van der Waals surface area contributed by atoms with E-state index < -0.39 is 47.7 Å². The highest BCUT2D eigenvalue weighted by molar-refractivity contribution is 6.25. The zero-order valence-electron chi connectivity index (χ0n) is 36.3. The number of imide groups is 2. The normalized spacial score (nSPS) is 18.6. The van der Waals surface area contributed by atoms with Gasteiger partial charge in [-0.15, -0.1) is 0 Å². The number of ether oxygens (including phenoxy) is 2. The largest absolute Gasteiger partial charge is 0.444 e. The van der Waals surface area contributed by atoms with E-state index in [1.54, 1.807) is 48.7 Å². The third kappa shape index (κ3) is 10.7. The van der Waals surface area contributed by atoms with Gasteiger partial charge in [0, 0.05) is 69.7 Å². The molecule has 0 radical (unpaired) electrons. The van der Waals surface area contributed by atoms with Crippen LogP contribution in [0.25, 0.3) is 17.1 Å². The molecule has 4 aliphatic rings. The number of nitrogens with zero attached hydrogens (tertiary/aromatic N) is 6. The van der Waals surface area contributed by atoms with Gasteiger partial charge in [-0.3, -0.25) is 39.1 Å². The molecule has 6 heterocycles. The second-order valence-corrected chi connectivity index (χ2v) is 16.7. The van der Waals surface area contributed by atoms with E-state index in [0.29, 0.717) is 81.2 Å². The number of rotatable bonds is 20. The third-order valence-corrected chi connectivity index (χ3v) is 11.9. The number of alkyl halides is 2. The van der Waals surface area contributed by atoms with Gasteiger partial charge in [-0.2, -0.15) is 5.10 Å². The minimum absolute atomic E-state index is 0.0492. The number of hydrogen-bond acceptors (Lipinski definition) is 15. The van der Waals surface area contributed by atoms with Gasteiger partial charge in [0.25, 0.3) is 24.1 Å². The van der Waals surface area contributed by atoms with Crippen molar-refractivity contribution in [1.82, 2.24) is 40.2 Å². The first-order valence-electron chi connectivity index (χ1n) is 22.2. The van der Waals surface area contributed by atoms with Crippen LogP contribution in [0.1, 0.15) is 74.6 Å². The van der Waals surface area contributed by atoms with Crippen LogP contribution >= 0.6 is 0 Å². The highest BCUT2D eigenvalue weighted by atomic mass is 19.3. The maximum Gasteiger partial charge on any atom is 0.284 e. The molecule has 3 aliphatic heterocycles. The van der Waals surface area contributed by atoms with E-state index in [-0.39, 0.29) is 47.3 Å². The SMILES string of the molecule is O=C1CCC(N2C(=O)c3cccc(NCCOCCN4CCO[C@H](CNCc5ccc(-n6cc(NC(=O)c7coc(-c8ccnc(NCC9CC9)c8)n7)c(C(F)F)n6)cc5)C4)c3C2=O)C(=O)N1. The number of hydrogen-bond donors (Lipinski definition) is 5. The monoisotopic (exact) mass is 921 g/mol. The van der Waals surface area contributed by atoms with Crippen LogP contribution in [0.5, 0.6) is 0 Å². The van der Waals surface area contributed by atoms with Crippen molar-refractivity contribution in [3.8, 4) is 17.1 Å². The predicted molar refractivity (Wildman–Crippen MR) is 238 cm³/mol. The Morgan fingerprint density at radius 3 is 2.63 bits per heavy atom. The zero-order chi connectivity index (χ0) is 46.4. The number of halogens is 2. The molecule has 19 nitrogen and oxygen atoms in total. The molecular formula is C46H49F2N11O8. The second kappa shape index (κ2) is 20.3. The van der Waals surface area contributed by atoms with E-state index in [1.807, 2.05) is 12.1 Å². The maximum absolute atomic E-state index is 14.1. The summed E-state index contributed by atoms with van der Waals surface area (Å²) in [5, 5.41) is 18.7. The Kier molecular flexibility index (Phi) is 13.7. The van der Waals surface area contributed by atoms with E-state index in [2.05, 4.69) is 46.6 Å². The van der Waals surface area contributed by atoms with Gasteiger partial charge >= 0.3 is 0 Å². The Bertz CT molecular complexity index is 2640. The highest BCUT2D eigenvalue weighted by Crippen LogP contribution is 2.33. The van der Waals surface area contributed by atoms with Crippen LogP contribution in [0.2, 0.25) is 0 Å². The smallest absolute Gasteiger partial charge is 0.284 e. The van der Waals surface area contributed by atoms with Gasteiger partial charge in [0.15, 0.2) is 11.4 Å². The van der Waals surface area contributed by atoms with Crippen LogP contribution in [-0.4, -0.2) is 130 Å². The van der Waals surface area contributed by atoms with Crippen LogP contribution in [-0.2, 0) is 25.6 Å². The first-order valence-corrected chi connectivity index (χ1v) is 22.2. The molecule has 350 valence electrons. The van der Waals surface area contributed by atoms with E-state index >= 15 is 0 Å². The first-order chi connectivity index (χ1) is 32.6. The van der Waals surface area contributed by atoms with Gasteiger partial charge in [0.1, 0.15) is 18.1 Å². The van der Waals surface area contributed by atoms with Crippen molar-refractivity contribution in [1.29, 1.82) is 0 Å². The fraction of sp³-hybridized carbons (Fsp3) is 0.391. The van der Waals surface area contributed by atoms with E-state index in [4.69, 9.17) is 13.9 Å².